The number of amides is 2. The normalized spacial score (nSPS) is 12.0. The zero-order chi connectivity index (χ0) is 27.2. The smallest absolute Gasteiger partial charge is 0.264 e. The number of nitrogens with one attached hydrogen (secondary N) is 1. The van der Waals surface area contributed by atoms with Crippen LogP contribution in [0.5, 0.6) is 0 Å². The number of para-hydroxylation sites is 1. The standard InChI is InChI=1S/C27H29ClFN3O4S/c1-4-24(27(34)30-3)31(17-20-11-13-21(28)14-12-20)26(33)18-32(25-8-6-5-7-23(25)29)37(35,36)22-15-9-19(2)10-16-22/h5-16,24H,4,17-18H2,1-3H3,(H,30,34)/t24-/m1/s1. The fourth-order valence-corrected chi connectivity index (χ4v) is 5.43. The van der Waals surface area contributed by atoms with Crippen LogP contribution in [-0.2, 0) is 26.2 Å². The first kappa shape index (κ1) is 28.1. The maximum Gasteiger partial charge on any atom is 0.264 e. The van der Waals surface area contributed by atoms with Gasteiger partial charge in [-0.3, -0.25) is 13.9 Å². The van der Waals surface area contributed by atoms with Crippen LogP contribution < -0.4 is 9.62 Å². The van der Waals surface area contributed by atoms with Gasteiger partial charge in [-0.25, -0.2) is 12.8 Å². The number of aryl methyl sites for hydroxylation is 1. The van der Waals surface area contributed by atoms with E-state index < -0.39 is 40.2 Å². The van der Waals surface area contributed by atoms with Gasteiger partial charge in [-0.2, -0.15) is 0 Å². The number of benzene rings is 3. The third kappa shape index (κ3) is 6.67. The largest absolute Gasteiger partial charge is 0.357 e. The summed E-state index contributed by atoms with van der Waals surface area (Å²) in [6, 6.07) is 17.3. The van der Waals surface area contributed by atoms with Crippen molar-refractivity contribution in [2.45, 2.75) is 37.8 Å². The molecule has 0 spiro atoms. The Morgan fingerprint density at radius 1 is 1.00 bits per heavy atom. The molecule has 2 amide bonds. The van der Waals surface area contributed by atoms with E-state index >= 15 is 0 Å². The van der Waals surface area contributed by atoms with Crippen molar-refractivity contribution in [2.24, 2.45) is 0 Å². The van der Waals surface area contributed by atoms with Gasteiger partial charge in [0.2, 0.25) is 11.8 Å². The SMILES string of the molecule is CC[C@H](C(=O)NC)N(Cc1ccc(Cl)cc1)C(=O)CN(c1ccccc1F)S(=O)(=O)c1ccc(C)cc1. The van der Waals surface area contributed by atoms with Gasteiger partial charge in [0.25, 0.3) is 10.0 Å². The molecule has 0 saturated carbocycles. The van der Waals surface area contributed by atoms with Crippen molar-refractivity contribution < 1.29 is 22.4 Å². The fraction of sp³-hybridized carbons (Fsp3) is 0.259. The molecule has 0 unspecified atom stereocenters. The number of rotatable bonds is 10. The second-order valence-corrected chi connectivity index (χ2v) is 10.8. The molecule has 10 heteroatoms. The van der Waals surface area contributed by atoms with Crippen molar-refractivity contribution in [3.63, 3.8) is 0 Å². The molecule has 196 valence electrons. The molecular formula is C27H29ClFN3O4S. The summed E-state index contributed by atoms with van der Waals surface area (Å²) in [7, 11) is -2.87. The average molecular weight is 546 g/mol. The maximum absolute atomic E-state index is 14.9. The number of carbonyl (C=O) groups excluding carboxylic acids is 2. The number of likely N-dealkylation sites (N-methyl/N-ethyl adjacent to an activating group) is 1. The van der Waals surface area contributed by atoms with E-state index in [9.17, 15) is 22.4 Å². The topological polar surface area (TPSA) is 86.8 Å². The molecule has 1 atom stereocenters. The Morgan fingerprint density at radius 3 is 2.19 bits per heavy atom. The third-order valence-corrected chi connectivity index (χ3v) is 7.93. The zero-order valence-corrected chi connectivity index (χ0v) is 22.4. The molecule has 0 radical (unpaired) electrons. The quantitative estimate of drug-likeness (QED) is 0.405. The highest BCUT2D eigenvalue weighted by Gasteiger charge is 2.34. The lowest BCUT2D eigenvalue weighted by Gasteiger charge is -2.33. The molecule has 0 bridgehead atoms. The summed E-state index contributed by atoms with van der Waals surface area (Å²) in [5.41, 5.74) is 1.27. The number of nitrogens with zero attached hydrogens (tertiary/aromatic N) is 2. The monoisotopic (exact) mass is 545 g/mol. The molecule has 0 aliphatic carbocycles. The first-order valence-corrected chi connectivity index (χ1v) is 13.5. The highest BCUT2D eigenvalue weighted by atomic mass is 35.5. The minimum atomic E-state index is -4.33. The number of anilines is 1. The van der Waals surface area contributed by atoms with Gasteiger partial charge in [0, 0.05) is 18.6 Å². The molecule has 0 fully saturated rings. The molecule has 0 aliphatic rings. The number of carbonyl (C=O) groups is 2. The summed E-state index contributed by atoms with van der Waals surface area (Å²) < 4.78 is 43.0. The molecule has 3 aromatic carbocycles. The predicted molar refractivity (Wildman–Crippen MR) is 142 cm³/mol. The Bertz CT molecular complexity index is 1350. The first-order chi connectivity index (χ1) is 17.6. The molecule has 0 saturated heterocycles. The van der Waals surface area contributed by atoms with Gasteiger partial charge in [-0.05, 0) is 55.3 Å². The molecule has 0 aliphatic heterocycles. The van der Waals surface area contributed by atoms with Gasteiger partial charge < -0.3 is 10.2 Å². The van der Waals surface area contributed by atoms with Crippen molar-refractivity contribution in [3.8, 4) is 0 Å². The van der Waals surface area contributed by atoms with Crippen molar-refractivity contribution >= 4 is 39.1 Å². The Hall–Kier alpha value is -3.43. The Kier molecular flexibility index (Phi) is 9.29. The number of sulfonamides is 1. The zero-order valence-electron chi connectivity index (χ0n) is 20.8. The van der Waals surface area contributed by atoms with Crippen LogP contribution in [0.4, 0.5) is 10.1 Å². The Balaban J connectivity index is 2.06. The lowest BCUT2D eigenvalue weighted by Crippen LogP contribution is -2.51. The summed E-state index contributed by atoms with van der Waals surface area (Å²) in [5, 5.41) is 3.07. The second kappa shape index (κ2) is 12.2. The van der Waals surface area contributed by atoms with Gasteiger partial charge in [0.1, 0.15) is 18.4 Å². The van der Waals surface area contributed by atoms with Crippen molar-refractivity contribution in [3.05, 3.63) is 94.8 Å². The molecule has 37 heavy (non-hydrogen) atoms. The fourth-order valence-electron chi connectivity index (χ4n) is 3.88. The summed E-state index contributed by atoms with van der Waals surface area (Å²) in [6.07, 6.45) is 0.281. The molecule has 0 heterocycles. The van der Waals surface area contributed by atoms with E-state index in [1.807, 2.05) is 6.92 Å². The molecule has 0 aromatic heterocycles. The highest BCUT2D eigenvalue weighted by Crippen LogP contribution is 2.27. The maximum atomic E-state index is 14.9. The number of halogens is 2. The molecular weight excluding hydrogens is 517 g/mol. The Morgan fingerprint density at radius 2 is 1.62 bits per heavy atom. The second-order valence-electron chi connectivity index (χ2n) is 8.46. The number of hydrogen-bond donors (Lipinski definition) is 1. The van der Waals surface area contributed by atoms with Crippen LogP contribution in [0.15, 0.2) is 77.7 Å². The lowest BCUT2D eigenvalue weighted by molar-refractivity contribution is -0.140. The van der Waals surface area contributed by atoms with Crippen LogP contribution in [0.3, 0.4) is 0 Å². The van der Waals surface area contributed by atoms with E-state index in [4.69, 9.17) is 11.6 Å². The van der Waals surface area contributed by atoms with E-state index in [1.165, 1.54) is 42.3 Å². The van der Waals surface area contributed by atoms with Crippen molar-refractivity contribution in [1.29, 1.82) is 0 Å². The first-order valence-electron chi connectivity index (χ1n) is 11.7. The van der Waals surface area contributed by atoms with E-state index in [0.29, 0.717) is 10.6 Å². The van der Waals surface area contributed by atoms with Crippen LogP contribution in [0, 0.1) is 12.7 Å². The predicted octanol–water partition coefficient (Wildman–Crippen LogP) is 4.54. The highest BCUT2D eigenvalue weighted by molar-refractivity contribution is 7.92. The van der Waals surface area contributed by atoms with E-state index in [-0.39, 0.29) is 23.5 Å². The van der Waals surface area contributed by atoms with Crippen LogP contribution >= 0.6 is 11.6 Å². The summed E-state index contributed by atoms with van der Waals surface area (Å²) >= 11 is 5.99. The minimum absolute atomic E-state index is 0.0254. The van der Waals surface area contributed by atoms with Gasteiger partial charge in [0.15, 0.2) is 0 Å². The van der Waals surface area contributed by atoms with Gasteiger partial charge in [0.05, 0.1) is 10.6 Å². The summed E-state index contributed by atoms with van der Waals surface area (Å²) in [5.74, 6) is -1.86. The van der Waals surface area contributed by atoms with Gasteiger partial charge >= 0.3 is 0 Å². The molecule has 7 nitrogen and oxygen atoms in total. The van der Waals surface area contributed by atoms with E-state index in [0.717, 1.165) is 15.9 Å². The average Bonchev–Trinajstić information content (AvgIpc) is 2.88. The summed E-state index contributed by atoms with van der Waals surface area (Å²) in [6.45, 7) is 2.88. The van der Waals surface area contributed by atoms with Gasteiger partial charge in [-0.1, -0.05) is 60.5 Å². The summed E-state index contributed by atoms with van der Waals surface area (Å²) in [4.78, 5) is 27.6. The molecule has 3 aromatic rings. The van der Waals surface area contributed by atoms with Crippen LogP contribution in [-0.4, -0.2) is 44.8 Å². The van der Waals surface area contributed by atoms with Crippen LogP contribution in [0.2, 0.25) is 5.02 Å². The van der Waals surface area contributed by atoms with Gasteiger partial charge in [-0.15, -0.1) is 0 Å². The van der Waals surface area contributed by atoms with E-state index in [2.05, 4.69) is 5.32 Å². The number of hydrogen-bond acceptors (Lipinski definition) is 4. The lowest BCUT2D eigenvalue weighted by atomic mass is 10.1. The van der Waals surface area contributed by atoms with Crippen LogP contribution in [0.1, 0.15) is 24.5 Å². The molecule has 1 N–H and O–H groups in total. The minimum Gasteiger partial charge on any atom is -0.357 e. The van der Waals surface area contributed by atoms with Crippen molar-refractivity contribution in [2.75, 3.05) is 17.9 Å². The van der Waals surface area contributed by atoms with Crippen LogP contribution in [0.25, 0.3) is 0 Å². The molecule has 3 rings (SSSR count). The third-order valence-electron chi connectivity index (χ3n) is 5.91. The van der Waals surface area contributed by atoms with E-state index in [1.54, 1.807) is 43.3 Å². The Labute approximate surface area is 221 Å². The van der Waals surface area contributed by atoms with Crippen molar-refractivity contribution in [1.82, 2.24) is 10.2 Å².